The van der Waals surface area contributed by atoms with Gasteiger partial charge in [0.25, 0.3) is 11.8 Å². The van der Waals surface area contributed by atoms with E-state index in [1.807, 2.05) is 71.6 Å². The quantitative estimate of drug-likeness (QED) is 0.548. The van der Waals surface area contributed by atoms with Crippen LogP contribution in [0.2, 0.25) is 0 Å². The molecule has 0 aliphatic carbocycles. The molecule has 3 aromatic carbocycles. The summed E-state index contributed by atoms with van der Waals surface area (Å²) in [5.41, 5.74) is 3.54. The molecule has 178 valence electrons. The van der Waals surface area contributed by atoms with Gasteiger partial charge in [-0.05, 0) is 35.4 Å². The molecule has 2 aliphatic rings. The molecular formula is C29H29N3O3. The zero-order valence-corrected chi connectivity index (χ0v) is 19.7. The molecule has 1 saturated heterocycles. The SMILES string of the molecule is O=C(c1cccc(CN2C(=O)COc3ccccc32)c1)N1CCN(CC=Cc2ccccc2)CC1. The van der Waals surface area contributed by atoms with Gasteiger partial charge in [-0.25, -0.2) is 0 Å². The standard InChI is InChI=1S/C29H29N3O3/c33-28-22-35-27-14-5-4-13-26(27)32(28)21-24-10-6-12-25(20-24)29(34)31-18-16-30(17-19-31)15-7-11-23-8-2-1-3-9-23/h1-14,20H,15-19,21-22H2. The van der Waals surface area contributed by atoms with Crippen LogP contribution in [-0.4, -0.2) is 60.9 Å². The topological polar surface area (TPSA) is 53.1 Å². The largest absolute Gasteiger partial charge is 0.482 e. The van der Waals surface area contributed by atoms with E-state index in [0.29, 0.717) is 30.9 Å². The first-order chi connectivity index (χ1) is 17.2. The second kappa shape index (κ2) is 10.6. The van der Waals surface area contributed by atoms with Crippen LogP contribution < -0.4 is 9.64 Å². The average molecular weight is 468 g/mol. The third-order valence-electron chi connectivity index (χ3n) is 6.46. The van der Waals surface area contributed by atoms with Gasteiger partial charge in [-0.2, -0.15) is 0 Å². The first-order valence-electron chi connectivity index (χ1n) is 12.0. The van der Waals surface area contributed by atoms with Crippen LogP contribution in [0.15, 0.2) is 84.9 Å². The summed E-state index contributed by atoms with van der Waals surface area (Å²) in [6, 6.07) is 25.4. The van der Waals surface area contributed by atoms with Gasteiger partial charge in [0.2, 0.25) is 0 Å². The molecule has 6 nitrogen and oxygen atoms in total. The summed E-state index contributed by atoms with van der Waals surface area (Å²) in [5.74, 6) is 0.661. The van der Waals surface area contributed by atoms with Crippen molar-refractivity contribution in [1.29, 1.82) is 0 Å². The van der Waals surface area contributed by atoms with Crippen molar-refractivity contribution in [3.8, 4) is 5.75 Å². The molecule has 0 saturated carbocycles. The maximum Gasteiger partial charge on any atom is 0.265 e. The van der Waals surface area contributed by atoms with Crippen LogP contribution in [0.25, 0.3) is 6.08 Å². The Bertz CT molecular complexity index is 1220. The molecule has 2 aliphatic heterocycles. The summed E-state index contributed by atoms with van der Waals surface area (Å²) in [6.45, 7) is 4.42. The Kier molecular flexibility index (Phi) is 6.91. The Hall–Kier alpha value is -3.90. The average Bonchev–Trinajstić information content (AvgIpc) is 2.91. The molecular weight excluding hydrogens is 438 g/mol. The number of amides is 2. The van der Waals surface area contributed by atoms with Crippen molar-refractivity contribution >= 4 is 23.6 Å². The summed E-state index contributed by atoms with van der Waals surface area (Å²) in [5, 5.41) is 0. The highest BCUT2D eigenvalue weighted by atomic mass is 16.5. The molecule has 6 heteroatoms. The van der Waals surface area contributed by atoms with Gasteiger partial charge in [0.15, 0.2) is 6.61 Å². The van der Waals surface area contributed by atoms with Crippen LogP contribution in [0.3, 0.4) is 0 Å². The third-order valence-corrected chi connectivity index (χ3v) is 6.46. The number of piperazine rings is 1. The number of ether oxygens (including phenoxy) is 1. The van der Waals surface area contributed by atoms with E-state index in [1.165, 1.54) is 5.56 Å². The first-order valence-corrected chi connectivity index (χ1v) is 12.0. The Balaban J connectivity index is 1.18. The summed E-state index contributed by atoms with van der Waals surface area (Å²) < 4.78 is 5.54. The van der Waals surface area contributed by atoms with Crippen molar-refractivity contribution in [2.45, 2.75) is 6.54 Å². The molecule has 0 spiro atoms. The number of hydrogen-bond donors (Lipinski definition) is 0. The number of carbonyl (C=O) groups excluding carboxylic acids is 2. The molecule has 2 amide bonds. The zero-order valence-electron chi connectivity index (χ0n) is 19.7. The van der Waals surface area contributed by atoms with Crippen molar-refractivity contribution in [2.75, 3.05) is 44.2 Å². The zero-order chi connectivity index (χ0) is 24.0. The maximum absolute atomic E-state index is 13.2. The van der Waals surface area contributed by atoms with Gasteiger partial charge in [-0.3, -0.25) is 14.5 Å². The molecule has 0 atom stereocenters. The second-order valence-corrected chi connectivity index (χ2v) is 8.84. The number of carbonyl (C=O) groups is 2. The minimum absolute atomic E-state index is 0.0282. The van der Waals surface area contributed by atoms with E-state index in [-0.39, 0.29) is 18.4 Å². The highest BCUT2D eigenvalue weighted by Crippen LogP contribution is 2.32. The minimum atomic E-state index is -0.0853. The van der Waals surface area contributed by atoms with Crippen molar-refractivity contribution in [3.05, 3.63) is 102 Å². The van der Waals surface area contributed by atoms with Gasteiger partial charge >= 0.3 is 0 Å². The monoisotopic (exact) mass is 467 g/mol. The van der Waals surface area contributed by atoms with E-state index < -0.39 is 0 Å². The predicted molar refractivity (Wildman–Crippen MR) is 137 cm³/mol. The Morgan fingerprint density at radius 3 is 2.49 bits per heavy atom. The van der Waals surface area contributed by atoms with E-state index in [0.717, 1.165) is 30.9 Å². The Morgan fingerprint density at radius 2 is 1.66 bits per heavy atom. The summed E-state index contributed by atoms with van der Waals surface area (Å²) in [6.07, 6.45) is 4.32. The molecule has 0 bridgehead atoms. The van der Waals surface area contributed by atoms with E-state index in [2.05, 4.69) is 29.2 Å². The van der Waals surface area contributed by atoms with Crippen LogP contribution in [0.5, 0.6) is 5.75 Å². The van der Waals surface area contributed by atoms with Gasteiger partial charge in [0, 0.05) is 38.3 Å². The molecule has 0 radical (unpaired) electrons. The lowest BCUT2D eigenvalue weighted by Crippen LogP contribution is -2.48. The van der Waals surface area contributed by atoms with Crippen molar-refractivity contribution in [2.24, 2.45) is 0 Å². The molecule has 2 heterocycles. The van der Waals surface area contributed by atoms with E-state index in [9.17, 15) is 9.59 Å². The summed E-state index contributed by atoms with van der Waals surface area (Å²) in [4.78, 5) is 31.7. The third kappa shape index (κ3) is 5.44. The van der Waals surface area contributed by atoms with E-state index in [4.69, 9.17) is 4.74 Å². The Labute approximate surface area is 206 Å². The fourth-order valence-electron chi connectivity index (χ4n) is 4.53. The lowest BCUT2D eigenvalue weighted by atomic mass is 10.1. The smallest absolute Gasteiger partial charge is 0.265 e. The fraction of sp³-hybridized carbons (Fsp3) is 0.241. The lowest BCUT2D eigenvalue weighted by molar-refractivity contribution is -0.121. The van der Waals surface area contributed by atoms with Crippen molar-refractivity contribution in [3.63, 3.8) is 0 Å². The van der Waals surface area contributed by atoms with Gasteiger partial charge in [0.1, 0.15) is 5.75 Å². The number of anilines is 1. The number of benzene rings is 3. The molecule has 1 fully saturated rings. The molecule has 0 aromatic heterocycles. The van der Waals surface area contributed by atoms with Gasteiger partial charge in [0.05, 0.1) is 12.2 Å². The molecule has 0 unspecified atom stereocenters. The first kappa shape index (κ1) is 22.9. The summed E-state index contributed by atoms with van der Waals surface area (Å²) in [7, 11) is 0. The van der Waals surface area contributed by atoms with E-state index >= 15 is 0 Å². The number of rotatable bonds is 6. The second-order valence-electron chi connectivity index (χ2n) is 8.84. The highest BCUT2D eigenvalue weighted by Gasteiger charge is 2.26. The summed E-state index contributed by atoms with van der Waals surface area (Å²) >= 11 is 0. The molecule has 35 heavy (non-hydrogen) atoms. The number of nitrogens with zero attached hydrogens (tertiary/aromatic N) is 3. The van der Waals surface area contributed by atoms with Gasteiger partial charge in [-0.15, -0.1) is 0 Å². The number of para-hydroxylation sites is 2. The van der Waals surface area contributed by atoms with E-state index in [1.54, 1.807) is 4.90 Å². The van der Waals surface area contributed by atoms with Crippen molar-refractivity contribution in [1.82, 2.24) is 9.80 Å². The van der Waals surface area contributed by atoms with Crippen LogP contribution in [0.1, 0.15) is 21.5 Å². The number of fused-ring (bicyclic) bond motifs is 1. The van der Waals surface area contributed by atoms with Crippen LogP contribution in [-0.2, 0) is 11.3 Å². The molecule has 3 aromatic rings. The lowest BCUT2D eigenvalue weighted by Gasteiger charge is -2.34. The molecule has 5 rings (SSSR count). The maximum atomic E-state index is 13.2. The van der Waals surface area contributed by atoms with Gasteiger partial charge < -0.3 is 14.5 Å². The normalized spacial score (nSPS) is 16.3. The Morgan fingerprint density at radius 1 is 0.886 bits per heavy atom. The molecule has 0 N–H and O–H groups in total. The highest BCUT2D eigenvalue weighted by molar-refractivity contribution is 5.98. The number of hydrogen-bond acceptors (Lipinski definition) is 4. The predicted octanol–water partition coefficient (Wildman–Crippen LogP) is 4.08. The van der Waals surface area contributed by atoms with Crippen LogP contribution in [0, 0.1) is 0 Å². The minimum Gasteiger partial charge on any atom is -0.482 e. The fourth-order valence-corrected chi connectivity index (χ4v) is 4.53. The van der Waals surface area contributed by atoms with Crippen LogP contribution in [0.4, 0.5) is 5.69 Å². The van der Waals surface area contributed by atoms with Crippen LogP contribution >= 0.6 is 0 Å². The van der Waals surface area contributed by atoms with Gasteiger partial charge in [-0.1, -0.05) is 66.7 Å². The van der Waals surface area contributed by atoms with Crippen molar-refractivity contribution < 1.29 is 14.3 Å².